The average Bonchev–Trinajstić information content (AvgIpc) is 2.69. The Labute approximate surface area is 134 Å². The van der Waals surface area contributed by atoms with Crippen LogP contribution in [0.15, 0.2) is 34.2 Å². The minimum Gasteiger partial charge on any atom is -0.351 e. The molecule has 110 valence electrons. The molecule has 1 aromatic rings. The van der Waals surface area contributed by atoms with E-state index < -0.39 is 0 Å². The Balaban J connectivity index is 1.77. The molecule has 0 spiro atoms. The van der Waals surface area contributed by atoms with Gasteiger partial charge in [0.2, 0.25) is 0 Å². The molecule has 3 rings (SSSR count). The van der Waals surface area contributed by atoms with Crippen LogP contribution >= 0.6 is 23.4 Å². The van der Waals surface area contributed by atoms with Gasteiger partial charge in [0, 0.05) is 18.1 Å². The summed E-state index contributed by atoms with van der Waals surface area (Å²) in [6.45, 7) is 2.00. The number of carbonyl (C=O) groups excluding carboxylic acids is 1. The molecular weight excluding hydrogens is 304 g/mol. The van der Waals surface area contributed by atoms with Crippen molar-refractivity contribution in [1.82, 2.24) is 4.90 Å². The topological polar surface area (TPSA) is 32.7 Å². The van der Waals surface area contributed by atoms with Crippen LogP contribution in [-0.2, 0) is 4.79 Å². The van der Waals surface area contributed by atoms with Crippen LogP contribution in [0.4, 0.5) is 0 Å². The number of benzene rings is 1. The molecule has 0 unspecified atom stereocenters. The minimum atomic E-state index is -0.154. The van der Waals surface area contributed by atoms with E-state index in [0.717, 1.165) is 23.8 Å². The Morgan fingerprint density at radius 2 is 1.86 bits per heavy atom. The molecule has 2 heterocycles. The molecule has 0 aliphatic carbocycles. The summed E-state index contributed by atoms with van der Waals surface area (Å²) in [4.78, 5) is 19.2. The van der Waals surface area contributed by atoms with Crippen LogP contribution < -0.4 is 0 Å². The number of amidine groups is 1. The second kappa shape index (κ2) is 6.67. The molecule has 3 nitrogen and oxygen atoms in total. The predicted octanol–water partition coefficient (Wildman–Crippen LogP) is 4.19. The van der Waals surface area contributed by atoms with Gasteiger partial charge in [-0.1, -0.05) is 42.6 Å². The fraction of sp³-hybridized carbons (Fsp3) is 0.375. The third kappa shape index (κ3) is 3.50. The van der Waals surface area contributed by atoms with E-state index in [2.05, 4.69) is 9.89 Å². The largest absolute Gasteiger partial charge is 0.351 e. The van der Waals surface area contributed by atoms with E-state index in [9.17, 15) is 4.79 Å². The summed E-state index contributed by atoms with van der Waals surface area (Å²) < 4.78 is 0. The van der Waals surface area contributed by atoms with Crippen molar-refractivity contribution in [3.63, 3.8) is 0 Å². The van der Waals surface area contributed by atoms with Gasteiger partial charge in [0.15, 0.2) is 5.17 Å². The second-order valence-corrected chi connectivity index (χ2v) is 6.65. The molecule has 0 aromatic heterocycles. The van der Waals surface area contributed by atoms with Crippen LogP contribution in [0.2, 0.25) is 5.02 Å². The first-order valence-corrected chi connectivity index (χ1v) is 8.45. The quantitative estimate of drug-likeness (QED) is 0.727. The van der Waals surface area contributed by atoms with Gasteiger partial charge in [-0.25, -0.2) is 0 Å². The van der Waals surface area contributed by atoms with Gasteiger partial charge in [-0.15, -0.1) is 0 Å². The third-order valence-electron chi connectivity index (χ3n) is 3.68. The lowest BCUT2D eigenvalue weighted by molar-refractivity contribution is -0.113. The second-order valence-electron chi connectivity index (χ2n) is 5.23. The first-order valence-electron chi connectivity index (χ1n) is 7.26. The highest BCUT2D eigenvalue weighted by Crippen LogP contribution is 2.32. The average molecular weight is 321 g/mol. The van der Waals surface area contributed by atoms with Gasteiger partial charge in [-0.3, -0.25) is 4.79 Å². The molecule has 2 aliphatic rings. The Kier molecular flexibility index (Phi) is 4.66. The molecule has 0 saturated carbocycles. The molecule has 0 radical (unpaired) electrons. The Hall–Kier alpha value is -1.26. The number of halogens is 1. The van der Waals surface area contributed by atoms with Crippen LogP contribution in [0.1, 0.15) is 31.2 Å². The molecule has 1 amide bonds. The van der Waals surface area contributed by atoms with Crippen molar-refractivity contribution in [2.24, 2.45) is 4.99 Å². The first kappa shape index (κ1) is 14.7. The summed E-state index contributed by atoms with van der Waals surface area (Å²) in [5, 5.41) is 1.50. The van der Waals surface area contributed by atoms with Crippen molar-refractivity contribution >= 4 is 40.5 Å². The summed E-state index contributed by atoms with van der Waals surface area (Å²) in [5.74, 6) is -0.154. The van der Waals surface area contributed by atoms with Gasteiger partial charge in [-0.2, -0.15) is 4.99 Å². The van der Waals surface area contributed by atoms with Crippen LogP contribution in [0.5, 0.6) is 0 Å². The van der Waals surface area contributed by atoms with E-state index >= 15 is 0 Å². The zero-order valence-corrected chi connectivity index (χ0v) is 13.3. The molecule has 1 aromatic carbocycles. The van der Waals surface area contributed by atoms with Gasteiger partial charge in [-0.05, 0) is 42.3 Å². The smallest absolute Gasteiger partial charge is 0.286 e. The highest BCUT2D eigenvalue weighted by Gasteiger charge is 2.26. The molecule has 0 bridgehead atoms. The summed E-state index contributed by atoms with van der Waals surface area (Å²) in [7, 11) is 0. The number of amides is 1. The minimum absolute atomic E-state index is 0.154. The van der Waals surface area contributed by atoms with Crippen molar-refractivity contribution in [3.8, 4) is 0 Å². The maximum atomic E-state index is 12.1. The SMILES string of the molecule is O=C1N=C(N2CCCCCC2)S/C1=C/c1ccccc1Cl. The van der Waals surface area contributed by atoms with Gasteiger partial charge >= 0.3 is 0 Å². The first-order chi connectivity index (χ1) is 10.2. The molecule has 21 heavy (non-hydrogen) atoms. The number of likely N-dealkylation sites (tertiary alicyclic amines) is 1. The van der Waals surface area contributed by atoms with E-state index in [1.807, 2.05) is 30.3 Å². The maximum absolute atomic E-state index is 12.1. The number of hydrogen-bond acceptors (Lipinski definition) is 3. The molecule has 0 atom stereocenters. The van der Waals surface area contributed by atoms with Crippen LogP contribution in [-0.4, -0.2) is 29.1 Å². The van der Waals surface area contributed by atoms with Gasteiger partial charge in [0.25, 0.3) is 5.91 Å². The maximum Gasteiger partial charge on any atom is 0.286 e. The summed E-state index contributed by atoms with van der Waals surface area (Å²) in [5.41, 5.74) is 0.863. The fourth-order valence-electron chi connectivity index (χ4n) is 2.53. The van der Waals surface area contributed by atoms with Gasteiger partial charge in [0.1, 0.15) is 0 Å². The normalized spacial score (nSPS) is 21.6. The summed E-state index contributed by atoms with van der Waals surface area (Å²) in [6, 6.07) is 7.54. The lowest BCUT2D eigenvalue weighted by atomic mass is 10.2. The highest BCUT2D eigenvalue weighted by atomic mass is 35.5. The van der Waals surface area contributed by atoms with Gasteiger partial charge in [0.05, 0.1) is 4.91 Å². The van der Waals surface area contributed by atoms with Crippen LogP contribution in [0, 0.1) is 0 Å². The third-order valence-corrected chi connectivity index (χ3v) is 5.07. The van der Waals surface area contributed by atoms with E-state index in [4.69, 9.17) is 11.6 Å². The zero-order chi connectivity index (χ0) is 14.7. The van der Waals surface area contributed by atoms with Crippen molar-refractivity contribution in [2.45, 2.75) is 25.7 Å². The number of rotatable bonds is 1. The van der Waals surface area contributed by atoms with Crippen molar-refractivity contribution < 1.29 is 4.79 Å². The monoisotopic (exact) mass is 320 g/mol. The number of nitrogens with zero attached hydrogens (tertiary/aromatic N) is 2. The van der Waals surface area contributed by atoms with E-state index in [0.29, 0.717) is 9.93 Å². The predicted molar refractivity (Wildman–Crippen MR) is 89.5 cm³/mol. The van der Waals surface area contributed by atoms with E-state index in [1.54, 1.807) is 0 Å². The lowest BCUT2D eigenvalue weighted by Crippen LogP contribution is -2.28. The van der Waals surface area contributed by atoms with E-state index in [1.165, 1.54) is 37.4 Å². The van der Waals surface area contributed by atoms with Crippen LogP contribution in [0.25, 0.3) is 6.08 Å². The highest BCUT2D eigenvalue weighted by molar-refractivity contribution is 8.18. The lowest BCUT2D eigenvalue weighted by Gasteiger charge is -2.20. The molecule has 1 saturated heterocycles. The Morgan fingerprint density at radius 3 is 2.57 bits per heavy atom. The number of thioether (sulfide) groups is 1. The molecule has 1 fully saturated rings. The van der Waals surface area contributed by atoms with Crippen LogP contribution in [0.3, 0.4) is 0 Å². The van der Waals surface area contributed by atoms with Crippen molar-refractivity contribution in [1.29, 1.82) is 0 Å². The summed E-state index contributed by atoms with van der Waals surface area (Å²) in [6.07, 6.45) is 6.73. The number of hydrogen-bond donors (Lipinski definition) is 0. The molecule has 5 heteroatoms. The Morgan fingerprint density at radius 1 is 1.14 bits per heavy atom. The molecular formula is C16H17ClN2OS. The number of aliphatic imine (C=N–C) groups is 1. The van der Waals surface area contributed by atoms with Crippen molar-refractivity contribution in [2.75, 3.05) is 13.1 Å². The van der Waals surface area contributed by atoms with Gasteiger partial charge < -0.3 is 4.90 Å². The summed E-state index contributed by atoms with van der Waals surface area (Å²) >= 11 is 7.61. The fourth-order valence-corrected chi connectivity index (χ4v) is 3.67. The zero-order valence-electron chi connectivity index (χ0n) is 11.7. The van der Waals surface area contributed by atoms with E-state index in [-0.39, 0.29) is 5.91 Å². The molecule has 2 aliphatic heterocycles. The molecule has 0 N–H and O–H groups in total. The van der Waals surface area contributed by atoms with Crippen molar-refractivity contribution in [3.05, 3.63) is 39.8 Å². The standard InChI is InChI=1S/C16H17ClN2OS/c17-13-8-4-3-7-12(13)11-14-15(20)18-16(21-14)19-9-5-1-2-6-10-19/h3-4,7-8,11H,1-2,5-6,9-10H2/b14-11+. The number of carbonyl (C=O) groups is 1. The Bertz CT molecular complexity index is 604.